The van der Waals surface area contributed by atoms with Crippen LogP contribution in [0.5, 0.6) is 0 Å². The lowest BCUT2D eigenvalue weighted by atomic mass is 10.2. The molecular formula is C13H18N4O3. The van der Waals surface area contributed by atoms with E-state index < -0.39 is 17.9 Å². The van der Waals surface area contributed by atoms with Crippen molar-refractivity contribution in [2.24, 2.45) is 5.73 Å². The van der Waals surface area contributed by atoms with Crippen LogP contribution in [0.4, 0.5) is 5.69 Å². The lowest BCUT2D eigenvalue weighted by molar-refractivity contribution is -0.141. The van der Waals surface area contributed by atoms with Crippen molar-refractivity contribution in [3.8, 4) is 0 Å². The number of piperazine rings is 1. The average molecular weight is 278 g/mol. The van der Waals surface area contributed by atoms with E-state index in [0.717, 1.165) is 5.69 Å². The summed E-state index contributed by atoms with van der Waals surface area (Å²) in [5.41, 5.74) is 7.98. The fourth-order valence-corrected chi connectivity index (χ4v) is 2.20. The van der Waals surface area contributed by atoms with Crippen LogP contribution in [0.2, 0.25) is 0 Å². The molecule has 0 aliphatic carbocycles. The molecular weight excluding hydrogens is 260 g/mol. The van der Waals surface area contributed by atoms with Gasteiger partial charge in [-0.25, -0.2) is 5.48 Å². The number of nitrogens with zero attached hydrogens (tertiary/aromatic N) is 2. The largest absolute Gasteiger partial charge is 0.368 e. The quantitative estimate of drug-likeness (QED) is 0.381. The molecule has 7 nitrogen and oxygen atoms in total. The molecule has 20 heavy (non-hydrogen) atoms. The van der Waals surface area contributed by atoms with Gasteiger partial charge in [0.1, 0.15) is 0 Å². The molecule has 1 heterocycles. The molecule has 1 unspecified atom stereocenters. The molecule has 0 radical (unpaired) electrons. The predicted octanol–water partition coefficient (Wildman–Crippen LogP) is -0.832. The zero-order valence-electron chi connectivity index (χ0n) is 11.0. The summed E-state index contributed by atoms with van der Waals surface area (Å²) in [4.78, 5) is 26.8. The summed E-state index contributed by atoms with van der Waals surface area (Å²) in [5, 5.41) is 8.48. The van der Waals surface area contributed by atoms with Crippen molar-refractivity contribution in [3.63, 3.8) is 0 Å². The van der Waals surface area contributed by atoms with Crippen LogP contribution in [0.25, 0.3) is 0 Å². The Labute approximate surface area is 116 Å². The second-order valence-corrected chi connectivity index (χ2v) is 4.60. The molecule has 0 bridgehead atoms. The highest BCUT2D eigenvalue weighted by molar-refractivity contribution is 6.03. The van der Waals surface area contributed by atoms with Gasteiger partial charge in [-0.15, -0.1) is 0 Å². The normalized spacial score (nSPS) is 16.7. The maximum Gasteiger partial charge on any atom is 0.269 e. The van der Waals surface area contributed by atoms with Crippen LogP contribution >= 0.6 is 0 Å². The SMILES string of the molecule is NC(C(=O)NO)C(=O)N1CCN(c2ccccc2)CC1. The van der Waals surface area contributed by atoms with Crippen LogP contribution in [0.3, 0.4) is 0 Å². The summed E-state index contributed by atoms with van der Waals surface area (Å²) < 4.78 is 0. The monoisotopic (exact) mass is 278 g/mol. The number of para-hydroxylation sites is 1. The van der Waals surface area contributed by atoms with E-state index in [-0.39, 0.29) is 0 Å². The molecule has 7 heteroatoms. The Morgan fingerprint density at radius 1 is 1.15 bits per heavy atom. The van der Waals surface area contributed by atoms with Crippen LogP contribution in [-0.2, 0) is 9.59 Å². The number of hydrogen-bond donors (Lipinski definition) is 3. The number of hydrogen-bond acceptors (Lipinski definition) is 5. The number of hydroxylamine groups is 1. The Bertz CT molecular complexity index is 472. The third kappa shape index (κ3) is 3.06. The lowest BCUT2D eigenvalue weighted by Crippen LogP contribution is -2.56. The van der Waals surface area contributed by atoms with Crippen molar-refractivity contribution in [1.29, 1.82) is 0 Å². The van der Waals surface area contributed by atoms with Gasteiger partial charge in [0.05, 0.1) is 0 Å². The zero-order valence-corrected chi connectivity index (χ0v) is 11.0. The lowest BCUT2D eigenvalue weighted by Gasteiger charge is -2.36. The van der Waals surface area contributed by atoms with Crippen molar-refractivity contribution in [3.05, 3.63) is 30.3 Å². The first-order valence-electron chi connectivity index (χ1n) is 6.42. The molecule has 1 aromatic rings. The maximum atomic E-state index is 12.0. The van der Waals surface area contributed by atoms with E-state index in [0.29, 0.717) is 26.2 Å². The van der Waals surface area contributed by atoms with Crippen molar-refractivity contribution in [2.75, 3.05) is 31.1 Å². The molecule has 0 spiro atoms. The van der Waals surface area contributed by atoms with Crippen molar-refractivity contribution in [1.82, 2.24) is 10.4 Å². The van der Waals surface area contributed by atoms with Gasteiger partial charge >= 0.3 is 0 Å². The molecule has 1 fully saturated rings. The fraction of sp³-hybridized carbons (Fsp3) is 0.385. The Kier molecular flexibility index (Phi) is 4.54. The summed E-state index contributed by atoms with van der Waals surface area (Å²) in [6, 6.07) is 8.56. The second kappa shape index (κ2) is 6.36. The van der Waals surface area contributed by atoms with Gasteiger partial charge in [0, 0.05) is 31.9 Å². The average Bonchev–Trinajstić information content (AvgIpc) is 2.53. The summed E-state index contributed by atoms with van der Waals surface area (Å²) in [6.07, 6.45) is 0. The Morgan fingerprint density at radius 2 is 1.75 bits per heavy atom. The first-order valence-corrected chi connectivity index (χ1v) is 6.42. The number of carbonyl (C=O) groups excluding carboxylic acids is 2. The van der Waals surface area contributed by atoms with E-state index in [1.807, 2.05) is 30.3 Å². The summed E-state index contributed by atoms with van der Waals surface area (Å²) in [5.74, 6) is -1.36. The van der Waals surface area contributed by atoms with Gasteiger partial charge in [-0.1, -0.05) is 18.2 Å². The first kappa shape index (κ1) is 14.3. The van der Waals surface area contributed by atoms with Gasteiger partial charge in [-0.3, -0.25) is 14.8 Å². The van der Waals surface area contributed by atoms with Crippen molar-refractivity contribution < 1.29 is 14.8 Å². The number of amides is 2. The molecule has 1 saturated heterocycles. The zero-order chi connectivity index (χ0) is 14.5. The molecule has 108 valence electrons. The highest BCUT2D eigenvalue weighted by Crippen LogP contribution is 2.15. The highest BCUT2D eigenvalue weighted by Gasteiger charge is 2.29. The molecule has 4 N–H and O–H groups in total. The summed E-state index contributed by atoms with van der Waals surface area (Å²) in [6.45, 7) is 2.37. The van der Waals surface area contributed by atoms with E-state index in [1.165, 1.54) is 5.48 Å². The molecule has 1 atom stereocenters. The van der Waals surface area contributed by atoms with Gasteiger partial charge in [0.2, 0.25) is 5.91 Å². The van der Waals surface area contributed by atoms with Crippen LogP contribution in [0, 0.1) is 0 Å². The number of benzene rings is 1. The van der Waals surface area contributed by atoms with Crippen LogP contribution in [0.15, 0.2) is 30.3 Å². The van der Waals surface area contributed by atoms with Crippen LogP contribution in [0.1, 0.15) is 0 Å². The number of nitrogens with one attached hydrogen (secondary N) is 1. The molecule has 0 saturated carbocycles. The summed E-state index contributed by atoms with van der Waals surface area (Å²) >= 11 is 0. The number of rotatable bonds is 3. The Balaban J connectivity index is 1.91. The van der Waals surface area contributed by atoms with E-state index >= 15 is 0 Å². The van der Waals surface area contributed by atoms with E-state index in [9.17, 15) is 9.59 Å². The van der Waals surface area contributed by atoms with E-state index in [2.05, 4.69) is 4.90 Å². The van der Waals surface area contributed by atoms with E-state index in [1.54, 1.807) is 4.90 Å². The third-order valence-corrected chi connectivity index (χ3v) is 3.37. The number of anilines is 1. The molecule has 2 rings (SSSR count). The fourth-order valence-electron chi connectivity index (χ4n) is 2.20. The molecule has 1 aliphatic heterocycles. The maximum absolute atomic E-state index is 12.0. The number of carbonyl (C=O) groups is 2. The Morgan fingerprint density at radius 3 is 2.30 bits per heavy atom. The van der Waals surface area contributed by atoms with Gasteiger partial charge in [0.15, 0.2) is 6.04 Å². The minimum atomic E-state index is -1.36. The number of nitrogens with two attached hydrogens (primary N) is 1. The van der Waals surface area contributed by atoms with Crippen molar-refractivity contribution >= 4 is 17.5 Å². The minimum absolute atomic E-state index is 0.468. The van der Waals surface area contributed by atoms with E-state index in [4.69, 9.17) is 10.9 Å². The van der Waals surface area contributed by atoms with Gasteiger partial charge in [-0.2, -0.15) is 0 Å². The molecule has 1 aromatic carbocycles. The summed E-state index contributed by atoms with van der Waals surface area (Å²) in [7, 11) is 0. The van der Waals surface area contributed by atoms with Crippen molar-refractivity contribution in [2.45, 2.75) is 6.04 Å². The topological polar surface area (TPSA) is 98.9 Å². The predicted molar refractivity (Wildman–Crippen MR) is 73.1 cm³/mol. The second-order valence-electron chi connectivity index (χ2n) is 4.60. The van der Waals surface area contributed by atoms with Gasteiger partial charge < -0.3 is 15.5 Å². The molecule has 1 aliphatic rings. The first-order chi connectivity index (χ1) is 9.63. The van der Waals surface area contributed by atoms with Gasteiger partial charge in [-0.05, 0) is 12.1 Å². The highest BCUT2D eigenvalue weighted by atomic mass is 16.5. The Hall–Kier alpha value is -2.12. The third-order valence-electron chi connectivity index (χ3n) is 3.37. The van der Waals surface area contributed by atoms with Crippen LogP contribution < -0.4 is 16.1 Å². The molecule has 0 aromatic heterocycles. The standard InChI is InChI=1S/C13H18N4O3/c14-11(12(18)15-20)13(19)17-8-6-16(7-9-17)10-4-2-1-3-5-10/h1-5,11,20H,6-9,14H2,(H,15,18). The molecule has 2 amide bonds. The minimum Gasteiger partial charge on any atom is -0.368 e. The van der Waals surface area contributed by atoms with Gasteiger partial charge in [0.25, 0.3) is 5.91 Å². The smallest absolute Gasteiger partial charge is 0.269 e. The van der Waals surface area contributed by atoms with Crippen LogP contribution in [-0.4, -0.2) is 54.1 Å².